The minimum atomic E-state index is -0.000649. The molecule has 0 spiro atoms. The molecule has 5 nitrogen and oxygen atoms in total. The van der Waals surface area contributed by atoms with E-state index in [1.807, 2.05) is 35.2 Å². The van der Waals surface area contributed by atoms with Crippen LogP contribution in [0.2, 0.25) is 0 Å². The zero-order valence-electron chi connectivity index (χ0n) is 16.9. The number of hydrogen-bond acceptors (Lipinski definition) is 6. The van der Waals surface area contributed by atoms with E-state index in [2.05, 4.69) is 50.4 Å². The lowest BCUT2D eigenvalue weighted by molar-refractivity contribution is 0.0945. The molecule has 0 atom stereocenters. The van der Waals surface area contributed by atoms with Gasteiger partial charge in [-0.05, 0) is 24.3 Å². The van der Waals surface area contributed by atoms with E-state index in [9.17, 15) is 4.79 Å². The molecular formula is C23H26N4OS2. The number of carbonyl (C=O) groups excluding carboxylic acids is 1. The van der Waals surface area contributed by atoms with Gasteiger partial charge in [0.1, 0.15) is 0 Å². The van der Waals surface area contributed by atoms with Gasteiger partial charge in [-0.3, -0.25) is 9.69 Å². The van der Waals surface area contributed by atoms with Crippen LogP contribution in [-0.2, 0) is 5.75 Å². The van der Waals surface area contributed by atoms with Crippen LogP contribution in [0.15, 0.2) is 70.4 Å². The van der Waals surface area contributed by atoms with Gasteiger partial charge in [0.05, 0.1) is 16.8 Å². The number of thiazole rings is 1. The Morgan fingerprint density at radius 1 is 1.03 bits per heavy atom. The summed E-state index contributed by atoms with van der Waals surface area (Å²) in [6, 6.07) is 18.4. The van der Waals surface area contributed by atoms with Crippen molar-refractivity contribution in [2.45, 2.75) is 10.6 Å². The first-order valence-electron chi connectivity index (χ1n) is 10.2. The third kappa shape index (κ3) is 5.62. The molecule has 1 saturated heterocycles. The van der Waals surface area contributed by atoms with Crippen LogP contribution < -0.4 is 10.2 Å². The lowest BCUT2D eigenvalue weighted by Crippen LogP contribution is -2.48. The average molecular weight is 439 g/mol. The quantitative estimate of drug-likeness (QED) is 0.539. The smallest absolute Gasteiger partial charge is 0.252 e. The molecule has 1 N–H and O–H groups in total. The van der Waals surface area contributed by atoms with Crippen molar-refractivity contribution in [3.05, 3.63) is 76.7 Å². The van der Waals surface area contributed by atoms with Crippen molar-refractivity contribution in [1.29, 1.82) is 0 Å². The molecule has 30 heavy (non-hydrogen) atoms. The number of thioether (sulfide) groups is 1. The highest BCUT2D eigenvalue weighted by atomic mass is 32.2. The van der Waals surface area contributed by atoms with Crippen molar-refractivity contribution in [2.24, 2.45) is 0 Å². The molecule has 7 heteroatoms. The summed E-state index contributed by atoms with van der Waals surface area (Å²) in [4.78, 5) is 22.9. The van der Waals surface area contributed by atoms with Crippen LogP contribution in [0.1, 0.15) is 16.1 Å². The van der Waals surface area contributed by atoms with Crippen molar-refractivity contribution < 1.29 is 4.79 Å². The molecule has 2 aromatic carbocycles. The second kappa shape index (κ2) is 10.6. The predicted molar refractivity (Wildman–Crippen MR) is 126 cm³/mol. The van der Waals surface area contributed by atoms with Gasteiger partial charge in [0, 0.05) is 61.0 Å². The van der Waals surface area contributed by atoms with Gasteiger partial charge in [0.2, 0.25) is 0 Å². The van der Waals surface area contributed by atoms with Crippen molar-refractivity contribution >= 4 is 34.7 Å². The molecule has 156 valence electrons. The highest BCUT2D eigenvalue weighted by Gasteiger charge is 2.17. The Morgan fingerprint density at radius 3 is 2.57 bits per heavy atom. The zero-order valence-corrected chi connectivity index (χ0v) is 18.5. The molecule has 1 aliphatic rings. The number of hydrogen-bond donors (Lipinski definition) is 1. The van der Waals surface area contributed by atoms with E-state index >= 15 is 0 Å². The summed E-state index contributed by atoms with van der Waals surface area (Å²) in [7, 11) is 0. The van der Waals surface area contributed by atoms with E-state index in [1.54, 1.807) is 23.1 Å². The Labute approximate surface area is 186 Å². The van der Waals surface area contributed by atoms with Crippen molar-refractivity contribution in [2.75, 3.05) is 44.2 Å². The standard InChI is InChI=1S/C23H26N4OS2/c28-23(21-8-4-5-9-22(21)30-17-19-16-29-18-25-19)24-10-11-26-12-14-27(15-13-26)20-6-2-1-3-7-20/h1-9,16,18H,10-15,17H2,(H,24,28). The summed E-state index contributed by atoms with van der Waals surface area (Å²) in [5.41, 5.74) is 4.92. The summed E-state index contributed by atoms with van der Waals surface area (Å²) in [5, 5.41) is 5.15. The summed E-state index contributed by atoms with van der Waals surface area (Å²) in [6.45, 7) is 5.62. The van der Waals surface area contributed by atoms with Crippen LogP contribution in [-0.4, -0.2) is 55.1 Å². The molecule has 0 radical (unpaired) electrons. The Morgan fingerprint density at radius 2 is 1.80 bits per heavy atom. The number of amides is 1. The average Bonchev–Trinajstić information content (AvgIpc) is 3.33. The third-order valence-electron chi connectivity index (χ3n) is 5.20. The molecule has 0 aliphatic carbocycles. The van der Waals surface area contributed by atoms with Crippen LogP contribution in [0.3, 0.4) is 0 Å². The molecular weight excluding hydrogens is 412 g/mol. The maximum absolute atomic E-state index is 12.7. The Kier molecular flexibility index (Phi) is 7.39. The number of para-hydroxylation sites is 1. The molecule has 1 fully saturated rings. The van der Waals surface area contributed by atoms with Crippen LogP contribution >= 0.6 is 23.1 Å². The first kappa shape index (κ1) is 20.9. The lowest BCUT2D eigenvalue weighted by atomic mass is 10.2. The van der Waals surface area contributed by atoms with E-state index in [0.29, 0.717) is 6.54 Å². The molecule has 0 saturated carbocycles. The topological polar surface area (TPSA) is 48.5 Å². The second-order valence-electron chi connectivity index (χ2n) is 7.18. The first-order valence-corrected chi connectivity index (χ1v) is 12.1. The molecule has 0 bridgehead atoms. The lowest BCUT2D eigenvalue weighted by Gasteiger charge is -2.36. The molecule has 1 aliphatic heterocycles. The van der Waals surface area contributed by atoms with Gasteiger partial charge in [-0.15, -0.1) is 23.1 Å². The molecule has 3 aromatic rings. The summed E-state index contributed by atoms with van der Waals surface area (Å²) in [5.74, 6) is 0.777. The number of nitrogens with one attached hydrogen (secondary N) is 1. The van der Waals surface area contributed by atoms with Crippen LogP contribution in [0.4, 0.5) is 5.69 Å². The SMILES string of the molecule is O=C(NCCN1CCN(c2ccccc2)CC1)c1ccccc1SCc1cscn1. The number of piperazine rings is 1. The monoisotopic (exact) mass is 438 g/mol. The first-order chi connectivity index (χ1) is 14.8. The van der Waals surface area contributed by atoms with E-state index in [4.69, 9.17) is 0 Å². The van der Waals surface area contributed by atoms with Gasteiger partial charge in [-0.1, -0.05) is 30.3 Å². The van der Waals surface area contributed by atoms with E-state index < -0.39 is 0 Å². The molecule has 1 aromatic heterocycles. The van der Waals surface area contributed by atoms with Crippen molar-refractivity contribution in [1.82, 2.24) is 15.2 Å². The number of nitrogens with zero attached hydrogens (tertiary/aromatic N) is 3. The van der Waals surface area contributed by atoms with E-state index in [0.717, 1.165) is 54.6 Å². The maximum Gasteiger partial charge on any atom is 0.252 e. The van der Waals surface area contributed by atoms with Crippen molar-refractivity contribution in [3.63, 3.8) is 0 Å². The molecule has 1 amide bonds. The highest BCUT2D eigenvalue weighted by molar-refractivity contribution is 7.98. The van der Waals surface area contributed by atoms with Gasteiger partial charge < -0.3 is 10.2 Å². The summed E-state index contributed by atoms with van der Waals surface area (Å²) in [6.07, 6.45) is 0. The number of rotatable bonds is 8. The normalized spacial score (nSPS) is 14.6. The fourth-order valence-corrected chi connectivity index (χ4v) is 5.15. The molecule has 0 unspecified atom stereocenters. The van der Waals surface area contributed by atoms with Gasteiger partial charge in [-0.25, -0.2) is 4.98 Å². The van der Waals surface area contributed by atoms with E-state index in [-0.39, 0.29) is 5.91 Å². The number of anilines is 1. The summed E-state index contributed by atoms with van der Waals surface area (Å²) < 4.78 is 0. The fraction of sp³-hybridized carbons (Fsp3) is 0.304. The maximum atomic E-state index is 12.7. The number of carbonyl (C=O) groups is 1. The number of aromatic nitrogens is 1. The highest BCUT2D eigenvalue weighted by Crippen LogP contribution is 2.26. The molecule has 4 rings (SSSR count). The van der Waals surface area contributed by atoms with Gasteiger partial charge in [0.25, 0.3) is 5.91 Å². The van der Waals surface area contributed by atoms with Gasteiger partial charge in [0.15, 0.2) is 0 Å². The Hall–Kier alpha value is -2.35. The van der Waals surface area contributed by atoms with Crippen LogP contribution in [0.5, 0.6) is 0 Å². The van der Waals surface area contributed by atoms with Crippen LogP contribution in [0.25, 0.3) is 0 Å². The third-order valence-corrected chi connectivity index (χ3v) is 6.94. The largest absolute Gasteiger partial charge is 0.369 e. The van der Waals surface area contributed by atoms with Crippen LogP contribution in [0, 0.1) is 0 Å². The second-order valence-corrected chi connectivity index (χ2v) is 8.92. The molecule has 2 heterocycles. The Balaban J connectivity index is 1.23. The Bertz CT molecular complexity index is 925. The van der Waals surface area contributed by atoms with Gasteiger partial charge >= 0.3 is 0 Å². The predicted octanol–water partition coefficient (Wildman–Crippen LogP) is 3.99. The number of benzene rings is 2. The zero-order chi connectivity index (χ0) is 20.6. The minimum absolute atomic E-state index is 0.000649. The summed E-state index contributed by atoms with van der Waals surface area (Å²) >= 11 is 3.26. The van der Waals surface area contributed by atoms with E-state index in [1.165, 1.54) is 5.69 Å². The van der Waals surface area contributed by atoms with Gasteiger partial charge in [-0.2, -0.15) is 0 Å². The fourth-order valence-electron chi connectivity index (χ4n) is 3.53. The van der Waals surface area contributed by atoms with Crippen molar-refractivity contribution in [3.8, 4) is 0 Å². The minimum Gasteiger partial charge on any atom is -0.369 e.